The summed E-state index contributed by atoms with van der Waals surface area (Å²) in [5, 5.41) is 0. The average molecular weight is 163 g/mol. The van der Waals surface area contributed by atoms with E-state index in [-0.39, 0.29) is 5.82 Å². The molecule has 0 heterocycles. The van der Waals surface area contributed by atoms with Crippen molar-refractivity contribution >= 4 is 0 Å². The molecule has 0 aliphatic heterocycles. The quantitative estimate of drug-likeness (QED) is 0.628. The van der Waals surface area contributed by atoms with Gasteiger partial charge in [0.2, 0.25) is 0 Å². The first-order chi connectivity index (χ1) is 5.77. The van der Waals surface area contributed by atoms with Crippen LogP contribution in [0.5, 0.6) is 0 Å². The summed E-state index contributed by atoms with van der Waals surface area (Å²) in [4.78, 5) is 0. The minimum Gasteiger partial charge on any atom is -0.207 e. The first kappa shape index (κ1) is 7.78. The topological polar surface area (TPSA) is 0 Å². The van der Waals surface area contributed by atoms with Crippen LogP contribution in [0.15, 0.2) is 24.3 Å². The van der Waals surface area contributed by atoms with E-state index in [1.54, 1.807) is 0 Å². The maximum Gasteiger partial charge on any atom is 0.123 e. The summed E-state index contributed by atoms with van der Waals surface area (Å²) in [6.45, 7) is 4.08. The van der Waals surface area contributed by atoms with Gasteiger partial charge in [-0.2, -0.15) is 0 Å². The summed E-state index contributed by atoms with van der Waals surface area (Å²) in [5.74, 6) is 0.947. The molecular weight excluding hydrogens is 151 g/mol. The Balaban J connectivity index is 2.16. The zero-order valence-electron chi connectivity index (χ0n) is 6.96. The van der Waals surface area contributed by atoms with Crippen molar-refractivity contribution in [2.24, 2.45) is 5.92 Å². The van der Waals surface area contributed by atoms with Gasteiger partial charge in [0.05, 0.1) is 0 Å². The molecule has 1 radical (unpaired) electrons. The van der Waals surface area contributed by atoms with Gasteiger partial charge >= 0.3 is 0 Å². The Morgan fingerprint density at radius 2 is 1.83 bits per heavy atom. The van der Waals surface area contributed by atoms with Gasteiger partial charge in [-0.25, -0.2) is 4.39 Å². The Kier molecular flexibility index (Phi) is 1.87. The molecule has 0 saturated heterocycles. The summed E-state index contributed by atoms with van der Waals surface area (Å²) in [6.07, 6.45) is 2.57. The molecule has 0 aromatic heterocycles. The molecule has 1 aromatic carbocycles. The van der Waals surface area contributed by atoms with E-state index in [9.17, 15) is 4.39 Å². The molecule has 1 aromatic rings. The van der Waals surface area contributed by atoms with Crippen LogP contribution in [-0.2, 0) is 0 Å². The fourth-order valence-corrected chi connectivity index (χ4v) is 1.48. The summed E-state index contributed by atoms with van der Waals surface area (Å²) in [7, 11) is 0. The van der Waals surface area contributed by atoms with Crippen molar-refractivity contribution in [1.82, 2.24) is 0 Å². The maximum atomic E-state index is 12.5. The molecular formula is C11H12F. The molecule has 0 N–H and O–H groups in total. The smallest absolute Gasteiger partial charge is 0.123 e. The third kappa shape index (κ3) is 1.50. The second kappa shape index (κ2) is 2.89. The van der Waals surface area contributed by atoms with Gasteiger partial charge < -0.3 is 0 Å². The van der Waals surface area contributed by atoms with E-state index in [0.29, 0.717) is 5.92 Å². The number of rotatable bonds is 2. The first-order valence-corrected chi connectivity index (χ1v) is 4.36. The van der Waals surface area contributed by atoms with Gasteiger partial charge in [0, 0.05) is 0 Å². The molecule has 0 spiro atoms. The van der Waals surface area contributed by atoms with E-state index in [0.717, 1.165) is 5.92 Å². The van der Waals surface area contributed by atoms with Gasteiger partial charge in [-0.05, 0) is 49.3 Å². The van der Waals surface area contributed by atoms with Crippen molar-refractivity contribution in [1.29, 1.82) is 0 Å². The fourth-order valence-electron chi connectivity index (χ4n) is 1.48. The molecule has 1 aliphatic rings. The molecule has 1 aliphatic carbocycles. The Morgan fingerprint density at radius 3 is 2.33 bits per heavy atom. The second-order valence-electron chi connectivity index (χ2n) is 3.50. The minimum absolute atomic E-state index is 0.165. The van der Waals surface area contributed by atoms with Gasteiger partial charge in [0.1, 0.15) is 5.82 Å². The zero-order valence-corrected chi connectivity index (χ0v) is 6.96. The van der Waals surface area contributed by atoms with Crippen LogP contribution >= 0.6 is 0 Å². The highest BCUT2D eigenvalue weighted by molar-refractivity contribution is 5.23. The van der Waals surface area contributed by atoms with Crippen LogP contribution in [0, 0.1) is 18.7 Å². The maximum absolute atomic E-state index is 12.5. The lowest BCUT2D eigenvalue weighted by Gasteiger charge is -2.09. The van der Waals surface area contributed by atoms with Gasteiger partial charge in [-0.15, -0.1) is 0 Å². The summed E-state index contributed by atoms with van der Waals surface area (Å²) < 4.78 is 12.5. The van der Waals surface area contributed by atoms with Crippen molar-refractivity contribution in [2.75, 3.05) is 0 Å². The number of halogens is 1. The molecule has 1 atom stereocenters. The van der Waals surface area contributed by atoms with E-state index >= 15 is 0 Å². The van der Waals surface area contributed by atoms with Crippen molar-refractivity contribution in [2.45, 2.75) is 18.8 Å². The fraction of sp³-hybridized carbons (Fsp3) is 0.364. The Morgan fingerprint density at radius 1 is 1.25 bits per heavy atom. The Labute approximate surface area is 72.4 Å². The van der Waals surface area contributed by atoms with Crippen LogP contribution < -0.4 is 0 Å². The second-order valence-corrected chi connectivity index (χ2v) is 3.50. The largest absolute Gasteiger partial charge is 0.207 e. The highest BCUT2D eigenvalue weighted by Gasteiger charge is 2.28. The number of hydrogen-bond acceptors (Lipinski definition) is 0. The normalized spacial score (nSPS) is 19.2. The van der Waals surface area contributed by atoms with Crippen molar-refractivity contribution < 1.29 is 4.39 Å². The van der Waals surface area contributed by atoms with E-state index in [2.05, 4.69) is 6.92 Å². The highest BCUT2D eigenvalue weighted by Crippen LogP contribution is 2.41. The zero-order chi connectivity index (χ0) is 8.55. The number of benzene rings is 1. The highest BCUT2D eigenvalue weighted by atomic mass is 19.1. The predicted octanol–water partition coefficient (Wildman–Crippen LogP) is 3.15. The Hall–Kier alpha value is -0.850. The first-order valence-electron chi connectivity index (χ1n) is 4.36. The lowest BCUT2D eigenvalue weighted by Crippen LogP contribution is -1.95. The van der Waals surface area contributed by atoms with Gasteiger partial charge in [0.25, 0.3) is 0 Å². The van der Waals surface area contributed by atoms with Gasteiger partial charge in [0.15, 0.2) is 0 Å². The third-order valence-electron chi connectivity index (χ3n) is 2.49. The van der Waals surface area contributed by atoms with E-state index < -0.39 is 0 Å². The standard InChI is InChI=1S/C11H12F/c1-8(9-2-3-9)10-4-6-11(12)7-5-10/h4-9H,1-3H2. The van der Waals surface area contributed by atoms with Crippen LogP contribution in [0.2, 0.25) is 0 Å². The Bertz CT molecular complexity index is 259. The lowest BCUT2D eigenvalue weighted by molar-refractivity contribution is 0.624. The molecule has 12 heavy (non-hydrogen) atoms. The van der Waals surface area contributed by atoms with Crippen LogP contribution in [0.3, 0.4) is 0 Å². The molecule has 1 saturated carbocycles. The summed E-state index contributed by atoms with van der Waals surface area (Å²) in [6, 6.07) is 6.70. The predicted molar refractivity (Wildman–Crippen MR) is 47.2 cm³/mol. The van der Waals surface area contributed by atoms with Crippen molar-refractivity contribution in [3.05, 3.63) is 42.6 Å². The number of hydrogen-bond donors (Lipinski definition) is 0. The van der Waals surface area contributed by atoms with Crippen LogP contribution in [0.4, 0.5) is 4.39 Å². The molecule has 1 fully saturated rings. The van der Waals surface area contributed by atoms with Gasteiger partial charge in [-0.3, -0.25) is 0 Å². The van der Waals surface area contributed by atoms with E-state index in [1.807, 2.05) is 12.1 Å². The molecule has 1 heteroatoms. The van der Waals surface area contributed by atoms with Crippen molar-refractivity contribution in [3.8, 4) is 0 Å². The van der Waals surface area contributed by atoms with Gasteiger partial charge in [-0.1, -0.05) is 12.1 Å². The average Bonchev–Trinajstić information content (AvgIpc) is 2.87. The molecule has 1 unspecified atom stereocenters. The monoisotopic (exact) mass is 163 g/mol. The van der Waals surface area contributed by atoms with Crippen LogP contribution in [0.1, 0.15) is 24.3 Å². The SMILES string of the molecule is [CH2]C(c1ccc(F)cc1)C1CC1. The van der Waals surface area contributed by atoms with E-state index in [4.69, 9.17) is 0 Å². The summed E-state index contributed by atoms with van der Waals surface area (Å²) in [5.41, 5.74) is 1.17. The van der Waals surface area contributed by atoms with Crippen LogP contribution in [0.25, 0.3) is 0 Å². The summed E-state index contributed by atoms with van der Waals surface area (Å²) >= 11 is 0. The van der Waals surface area contributed by atoms with Crippen LogP contribution in [-0.4, -0.2) is 0 Å². The molecule has 0 nitrogen and oxygen atoms in total. The minimum atomic E-state index is -0.165. The molecule has 2 rings (SSSR count). The van der Waals surface area contributed by atoms with E-state index in [1.165, 1.54) is 30.5 Å². The third-order valence-corrected chi connectivity index (χ3v) is 2.49. The molecule has 63 valence electrons. The van der Waals surface area contributed by atoms with Crippen molar-refractivity contribution in [3.63, 3.8) is 0 Å². The lowest BCUT2D eigenvalue weighted by atomic mass is 9.96. The molecule has 0 bridgehead atoms. The molecule has 0 amide bonds.